The van der Waals surface area contributed by atoms with Crippen LogP contribution in [-0.4, -0.2) is 18.0 Å². The van der Waals surface area contributed by atoms with Crippen molar-refractivity contribution in [2.75, 3.05) is 13.1 Å². The number of likely N-dealkylation sites (tertiary alicyclic amines) is 1. The summed E-state index contributed by atoms with van der Waals surface area (Å²) in [5, 5.41) is 0.815. The normalized spacial score (nSPS) is 18.9. The summed E-state index contributed by atoms with van der Waals surface area (Å²) in [7, 11) is 0. The first-order valence-corrected chi connectivity index (χ1v) is 6.98. The Labute approximate surface area is 111 Å². The molecule has 0 atom stereocenters. The van der Waals surface area contributed by atoms with E-state index in [0.717, 1.165) is 22.0 Å². The van der Waals surface area contributed by atoms with Crippen LogP contribution in [0.25, 0.3) is 0 Å². The molecule has 0 aromatic heterocycles. The molecule has 0 amide bonds. The summed E-state index contributed by atoms with van der Waals surface area (Å²) in [6.45, 7) is 5.79. The van der Waals surface area contributed by atoms with E-state index in [9.17, 15) is 0 Å². The van der Waals surface area contributed by atoms with Crippen LogP contribution in [0.3, 0.4) is 0 Å². The predicted octanol–water partition coefficient (Wildman–Crippen LogP) is 4.33. The number of rotatable bonds is 2. The lowest BCUT2D eigenvalue weighted by Gasteiger charge is -2.30. The molecule has 16 heavy (non-hydrogen) atoms. The summed E-state index contributed by atoms with van der Waals surface area (Å²) in [5.41, 5.74) is 1.30. The van der Waals surface area contributed by atoms with Crippen LogP contribution >= 0.6 is 27.5 Å². The molecule has 1 saturated heterocycles. The first-order valence-electron chi connectivity index (χ1n) is 5.81. The Hall–Kier alpha value is -0.0500. The molecule has 88 valence electrons. The highest BCUT2D eigenvalue weighted by atomic mass is 79.9. The molecule has 0 aliphatic carbocycles. The topological polar surface area (TPSA) is 3.24 Å². The average molecular weight is 303 g/mol. The summed E-state index contributed by atoms with van der Waals surface area (Å²) in [6, 6.07) is 6.15. The Bertz CT molecular complexity index is 339. The van der Waals surface area contributed by atoms with E-state index in [1.807, 2.05) is 6.07 Å². The maximum Gasteiger partial charge on any atom is 0.0420 e. The van der Waals surface area contributed by atoms with Crippen molar-refractivity contribution in [1.82, 2.24) is 4.90 Å². The Morgan fingerprint density at radius 3 is 2.62 bits per heavy atom. The van der Waals surface area contributed by atoms with E-state index in [2.05, 4.69) is 39.9 Å². The Balaban J connectivity index is 1.98. The fourth-order valence-electron chi connectivity index (χ4n) is 2.18. The van der Waals surface area contributed by atoms with Crippen molar-refractivity contribution in [2.24, 2.45) is 5.92 Å². The Morgan fingerprint density at radius 2 is 2.00 bits per heavy atom. The molecule has 1 aromatic rings. The van der Waals surface area contributed by atoms with Crippen LogP contribution in [0, 0.1) is 5.92 Å². The van der Waals surface area contributed by atoms with Gasteiger partial charge in [0.25, 0.3) is 0 Å². The van der Waals surface area contributed by atoms with E-state index >= 15 is 0 Å². The molecular formula is C13H17BrClN. The van der Waals surface area contributed by atoms with Crippen molar-refractivity contribution in [3.63, 3.8) is 0 Å². The quantitative estimate of drug-likeness (QED) is 0.786. The van der Waals surface area contributed by atoms with Gasteiger partial charge in [0.05, 0.1) is 0 Å². The van der Waals surface area contributed by atoms with Crippen molar-refractivity contribution in [2.45, 2.75) is 26.3 Å². The molecular weight excluding hydrogens is 286 g/mol. The number of piperidine rings is 1. The minimum absolute atomic E-state index is 0.815. The molecule has 2 rings (SSSR count). The number of halogens is 2. The first-order chi connectivity index (χ1) is 7.63. The first kappa shape index (κ1) is 12.4. The lowest BCUT2D eigenvalue weighted by molar-refractivity contribution is 0.185. The van der Waals surface area contributed by atoms with Gasteiger partial charge in [0.1, 0.15) is 0 Å². The van der Waals surface area contributed by atoms with Gasteiger partial charge in [-0.05, 0) is 55.6 Å². The number of benzene rings is 1. The molecule has 1 aliphatic heterocycles. The van der Waals surface area contributed by atoms with E-state index < -0.39 is 0 Å². The Kier molecular flexibility index (Phi) is 4.28. The molecule has 0 unspecified atom stereocenters. The van der Waals surface area contributed by atoms with E-state index in [1.54, 1.807) is 0 Å². The smallest absolute Gasteiger partial charge is 0.0420 e. The molecule has 0 radical (unpaired) electrons. The molecule has 0 N–H and O–H groups in total. The average Bonchev–Trinajstić information content (AvgIpc) is 2.20. The number of hydrogen-bond acceptors (Lipinski definition) is 1. The summed E-state index contributed by atoms with van der Waals surface area (Å²) in [5.74, 6) is 0.891. The third-order valence-electron chi connectivity index (χ3n) is 3.20. The van der Waals surface area contributed by atoms with E-state index in [0.29, 0.717) is 0 Å². The molecule has 1 nitrogen and oxygen atoms in total. The number of nitrogens with zero attached hydrogens (tertiary/aromatic N) is 1. The maximum atomic E-state index is 6.04. The van der Waals surface area contributed by atoms with E-state index in [1.165, 1.54) is 31.5 Å². The van der Waals surface area contributed by atoms with Crippen molar-refractivity contribution >= 4 is 27.5 Å². The second kappa shape index (κ2) is 5.52. The van der Waals surface area contributed by atoms with Gasteiger partial charge in [-0.3, -0.25) is 4.90 Å². The molecule has 1 heterocycles. The van der Waals surface area contributed by atoms with Crippen molar-refractivity contribution in [1.29, 1.82) is 0 Å². The summed E-state index contributed by atoms with van der Waals surface area (Å²) in [4.78, 5) is 2.51. The van der Waals surface area contributed by atoms with Gasteiger partial charge in [-0.1, -0.05) is 34.5 Å². The van der Waals surface area contributed by atoms with Crippen molar-refractivity contribution in [3.05, 3.63) is 33.3 Å². The van der Waals surface area contributed by atoms with Gasteiger partial charge >= 0.3 is 0 Å². The van der Waals surface area contributed by atoms with Crippen LogP contribution in [0.4, 0.5) is 0 Å². The van der Waals surface area contributed by atoms with E-state index in [-0.39, 0.29) is 0 Å². The van der Waals surface area contributed by atoms with Crippen LogP contribution in [0.15, 0.2) is 22.7 Å². The van der Waals surface area contributed by atoms with Crippen molar-refractivity contribution in [3.8, 4) is 0 Å². The van der Waals surface area contributed by atoms with Crippen molar-refractivity contribution < 1.29 is 0 Å². The van der Waals surface area contributed by atoms with Crippen LogP contribution in [0.5, 0.6) is 0 Å². The summed E-state index contributed by atoms with van der Waals surface area (Å²) < 4.78 is 1.07. The van der Waals surface area contributed by atoms with Gasteiger partial charge in [-0.2, -0.15) is 0 Å². The second-order valence-corrected chi connectivity index (χ2v) is 6.09. The van der Waals surface area contributed by atoms with Gasteiger partial charge in [0.2, 0.25) is 0 Å². The van der Waals surface area contributed by atoms with Gasteiger partial charge in [-0.25, -0.2) is 0 Å². The largest absolute Gasteiger partial charge is 0.299 e. The minimum Gasteiger partial charge on any atom is -0.299 e. The van der Waals surface area contributed by atoms with Crippen LogP contribution in [-0.2, 0) is 6.54 Å². The predicted molar refractivity (Wildman–Crippen MR) is 72.8 cm³/mol. The third kappa shape index (κ3) is 3.47. The third-order valence-corrected chi connectivity index (χ3v) is 3.88. The van der Waals surface area contributed by atoms with E-state index in [4.69, 9.17) is 11.6 Å². The molecule has 1 aliphatic rings. The molecule has 0 bridgehead atoms. The van der Waals surface area contributed by atoms with Crippen LogP contribution in [0.1, 0.15) is 25.3 Å². The molecule has 3 heteroatoms. The highest BCUT2D eigenvalue weighted by Crippen LogP contribution is 2.23. The zero-order valence-corrected chi connectivity index (χ0v) is 11.9. The van der Waals surface area contributed by atoms with Gasteiger partial charge < -0.3 is 0 Å². The zero-order chi connectivity index (χ0) is 11.5. The maximum absolute atomic E-state index is 6.04. The standard InChI is InChI=1S/C13H17BrClN/c1-10-2-4-16(5-3-10)9-11-6-12(14)8-13(15)7-11/h6-8,10H,2-5,9H2,1H3. The Morgan fingerprint density at radius 1 is 1.31 bits per heavy atom. The molecule has 0 saturated carbocycles. The molecule has 1 aromatic carbocycles. The lowest BCUT2D eigenvalue weighted by atomic mass is 9.99. The summed E-state index contributed by atoms with van der Waals surface area (Å²) in [6.07, 6.45) is 2.64. The van der Waals surface area contributed by atoms with Gasteiger partial charge in [0, 0.05) is 16.0 Å². The fourth-order valence-corrected chi connectivity index (χ4v) is 3.11. The van der Waals surface area contributed by atoms with Crippen LogP contribution < -0.4 is 0 Å². The van der Waals surface area contributed by atoms with Gasteiger partial charge in [-0.15, -0.1) is 0 Å². The summed E-state index contributed by atoms with van der Waals surface area (Å²) >= 11 is 9.53. The van der Waals surface area contributed by atoms with Crippen LogP contribution in [0.2, 0.25) is 5.02 Å². The SMILES string of the molecule is CC1CCN(Cc2cc(Cl)cc(Br)c2)CC1. The zero-order valence-electron chi connectivity index (χ0n) is 9.55. The minimum atomic E-state index is 0.815. The fraction of sp³-hybridized carbons (Fsp3) is 0.538. The monoisotopic (exact) mass is 301 g/mol. The lowest BCUT2D eigenvalue weighted by Crippen LogP contribution is -2.32. The van der Waals surface area contributed by atoms with Gasteiger partial charge in [0.15, 0.2) is 0 Å². The number of hydrogen-bond donors (Lipinski definition) is 0. The highest BCUT2D eigenvalue weighted by molar-refractivity contribution is 9.10. The molecule has 0 spiro atoms. The molecule has 1 fully saturated rings. The second-order valence-electron chi connectivity index (χ2n) is 4.74. The highest BCUT2D eigenvalue weighted by Gasteiger charge is 2.15.